The number of methoxy groups -OCH3 is 1. The Morgan fingerprint density at radius 1 is 1.27 bits per heavy atom. The van der Waals surface area contributed by atoms with Crippen LogP contribution in [0.15, 0.2) is 84.2 Å². The van der Waals surface area contributed by atoms with Crippen LogP contribution in [0.3, 0.4) is 0 Å². The highest BCUT2D eigenvalue weighted by Gasteiger charge is 2.16. The molecule has 0 radical (unpaired) electrons. The maximum Gasteiger partial charge on any atom is 0.293 e. The van der Waals surface area contributed by atoms with Gasteiger partial charge in [-0.05, 0) is 36.6 Å². The van der Waals surface area contributed by atoms with Crippen molar-refractivity contribution in [1.82, 2.24) is 0 Å². The molecule has 0 aliphatic carbocycles. The van der Waals surface area contributed by atoms with Gasteiger partial charge in [-0.3, -0.25) is 15.1 Å². The summed E-state index contributed by atoms with van der Waals surface area (Å²) in [5.41, 5.74) is 1.99. The summed E-state index contributed by atoms with van der Waals surface area (Å²) in [5, 5.41) is 14.5. The Balaban J connectivity index is 0.00000218. The highest BCUT2D eigenvalue weighted by Crippen LogP contribution is 2.30. The van der Waals surface area contributed by atoms with Gasteiger partial charge in [0.25, 0.3) is 5.69 Å². The van der Waals surface area contributed by atoms with E-state index in [0.29, 0.717) is 34.1 Å². The lowest BCUT2D eigenvalue weighted by Crippen LogP contribution is -2.03. The number of allylic oxidation sites excluding steroid dienone is 2. The molecule has 158 valence electrons. The topological polar surface area (TPSA) is 86.0 Å². The van der Waals surface area contributed by atoms with Crippen LogP contribution in [0.5, 0.6) is 5.75 Å². The number of nitro benzene ring substituents is 1. The molecule has 0 saturated carbocycles. The number of anilines is 1. The first-order valence-corrected chi connectivity index (χ1v) is 9.28. The Kier molecular flexibility index (Phi) is 10.1. The minimum atomic E-state index is -0.461. The lowest BCUT2D eigenvalue weighted by Gasteiger charge is -2.11. The van der Waals surface area contributed by atoms with Gasteiger partial charge in [0.2, 0.25) is 0 Å². The van der Waals surface area contributed by atoms with E-state index < -0.39 is 4.92 Å². The van der Waals surface area contributed by atoms with Gasteiger partial charge in [-0.15, -0.1) is 0 Å². The van der Waals surface area contributed by atoms with Crippen LogP contribution in [-0.2, 0) is 11.3 Å². The Hall–Kier alpha value is -3.87. The van der Waals surface area contributed by atoms with Crippen LogP contribution in [0.4, 0.5) is 17.1 Å². The monoisotopic (exact) mass is 409 g/mol. The first-order chi connectivity index (χ1) is 14.5. The third-order valence-electron chi connectivity index (χ3n) is 3.77. The van der Waals surface area contributed by atoms with Gasteiger partial charge in [0.05, 0.1) is 12.0 Å². The molecular formula is C23H27N3O4. The fourth-order valence-corrected chi connectivity index (χ4v) is 2.33. The van der Waals surface area contributed by atoms with E-state index in [-0.39, 0.29) is 12.3 Å². The van der Waals surface area contributed by atoms with Gasteiger partial charge in [0.1, 0.15) is 29.5 Å². The summed E-state index contributed by atoms with van der Waals surface area (Å²) >= 11 is 0. The molecule has 0 fully saturated rings. The van der Waals surface area contributed by atoms with Gasteiger partial charge >= 0.3 is 0 Å². The number of nitro groups is 1. The molecule has 0 amide bonds. The number of para-hydroxylation sites is 2. The van der Waals surface area contributed by atoms with E-state index in [0.717, 1.165) is 0 Å². The van der Waals surface area contributed by atoms with Gasteiger partial charge in [0.15, 0.2) is 0 Å². The molecule has 7 nitrogen and oxygen atoms in total. The van der Waals surface area contributed by atoms with E-state index in [2.05, 4.69) is 30.2 Å². The minimum Gasteiger partial charge on any atom is -0.497 e. The third kappa shape index (κ3) is 6.94. The highest BCUT2D eigenvalue weighted by atomic mass is 16.6. The number of nitrogens with one attached hydrogen (secondary N) is 1. The highest BCUT2D eigenvalue weighted by molar-refractivity contribution is 5.66. The number of hydrogen-bond acceptors (Lipinski definition) is 6. The Bertz CT molecular complexity index is 936. The van der Waals surface area contributed by atoms with Crippen molar-refractivity contribution in [3.63, 3.8) is 0 Å². The number of benzene rings is 2. The van der Waals surface area contributed by atoms with Gasteiger partial charge < -0.3 is 14.8 Å². The van der Waals surface area contributed by atoms with E-state index in [1.54, 1.807) is 30.3 Å². The Morgan fingerprint density at radius 3 is 2.57 bits per heavy atom. The smallest absolute Gasteiger partial charge is 0.293 e. The average Bonchev–Trinajstić information content (AvgIpc) is 2.78. The fraction of sp³-hybridized carbons (Fsp3) is 0.174. The predicted octanol–water partition coefficient (Wildman–Crippen LogP) is 6.17. The van der Waals surface area contributed by atoms with Crippen LogP contribution in [0.2, 0.25) is 0 Å². The Morgan fingerprint density at radius 2 is 1.97 bits per heavy atom. The number of hydrogen-bond donors (Lipinski definition) is 1. The molecule has 2 rings (SSSR count). The summed E-state index contributed by atoms with van der Waals surface area (Å²) in [7, 11) is 1.48. The van der Waals surface area contributed by atoms with Crippen molar-refractivity contribution in [2.75, 3.05) is 12.4 Å². The predicted molar refractivity (Wildman–Crippen MR) is 122 cm³/mol. The van der Waals surface area contributed by atoms with Gasteiger partial charge in [-0.1, -0.05) is 45.2 Å². The number of nitrogens with zero attached hydrogens (tertiary/aromatic N) is 2. The van der Waals surface area contributed by atoms with Crippen molar-refractivity contribution < 1.29 is 14.4 Å². The van der Waals surface area contributed by atoms with Gasteiger partial charge in [-0.25, -0.2) is 0 Å². The van der Waals surface area contributed by atoms with Crippen LogP contribution in [0.1, 0.15) is 19.4 Å². The molecule has 30 heavy (non-hydrogen) atoms. The Labute approximate surface area is 177 Å². The van der Waals surface area contributed by atoms with Crippen LogP contribution in [0.25, 0.3) is 0 Å². The number of ether oxygens (including phenoxy) is 2. The quantitative estimate of drug-likeness (QED) is 0.167. The summed E-state index contributed by atoms with van der Waals surface area (Å²) in [6.45, 7) is 15.0. The number of aliphatic imine (C=N–C) groups is 1. The zero-order chi connectivity index (χ0) is 22.5. The van der Waals surface area contributed by atoms with E-state index in [1.165, 1.54) is 19.3 Å². The standard InChI is InChI=1S/C21H21N3O4.C2H6/c1-5-17(12-15(2)27-4)23-18-11-10-16(13-20(18)24(25)26)14-28-21-9-7-6-8-19(21)22-3;1-2/h5-13,23H,1-3,14H2,4H3;1-2H3/b17-12+;. The van der Waals surface area contributed by atoms with E-state index in [1.807, 2.05) is 26.0 Å². The van der Waals surface area contributed by atoms with E-state index in [4.69, 9.17) is 9.47 Å². The number of rotatable bonds is 10. The van der Waals surface area contributed by atoms with Gasteiger partial charge in [-0.2, -0.15) is 0 Å². The van der Waals surface area contributed by atoms with E-state index in [9.17, 15) is 10.1 Å². The normalized spacial score (nSPS) is 10.2. The van der Waals surface area contributed by atoms with Crippen molar-refractivity contribution in [1.29, 1.82) is 0 Å². The molecule has 2 aromatic rings. The average molecular weight is 409 g/mol. The van der Waals surface area contributed by atoms with Crippen LogP contribution in [-0.4, -0.2) is 18.8 Å². The molecule has 1 N–H and O–H groups in total. The van der Waals surface area contributed by atoms with Crippen molar-refractivity contribution in [2.45, 2.75) is 20.5 Å². The molecule has 0 bridgehead atoms. The maximum atomic E-state index is 11.5. The summed E-state index contributed by atoms with van der Waals surface area (Å²) in [5.74, 6) is 0.946. The van der Waals surface area contributed by atoms with Crippen molar-refractivity contribution >= 4 is 23.8 Å². The minimum absolute atomic E-state index is 0.0907. The molecule has 0 saturated heterocycles. The van der Waals surface area contributed by atoms with Crippen molar-refractivity contribution in [3.05, 3.63) is 94.9 Å². The second kappa shape index (κ2) is 12.6. The van der Waals surface area contributed by atoms with Gasteiger partial charge in [0, 0.05) is 17.8 Å². The maximum absolute atomic E-state index is 11.5. The summed E-state index contributed by atoms with van der Waals surface area (Å²) in [4.78, 5) is 14.9. The molecule has 0 spiro atoms. The summed E-state index contributed by atoms with van der Waals surface area (Å²) in [6, 6.07) is 12.0. The molecule has 2 aromatic carbocycles. The first kappa shape index (κ1) is 24.2. The van der Waals surface area contributed by atoms with Crippen LogP contribution < -0.4 is 10.1 Å². The van der Waals surface area contributed by atoms with Crippen LogP contribution in [0, 0.1) is 10.1 Å². The third-order valence-corrected chi connectivity index (χ3v) is 3.77. The zero-order valence-electron chi connectivity index (χ0n) is 17.6. The largest absolute Gasteiger partial charge is 0.497 e. The fourth-order valence-electron chi connectivity index (χ4n) is 2.33. The van der Waals surface area contributed by atoms with Crippen molar-refractivity contribution in [3.8, 4) is 5.75 Å². The second-order valence-electron chi connectivity index (χ2n) is 5.62. The molecule has 7 heteroatoms. The summed E-state index contributed by atoms with van der Waals surface area (Å²) < 4.78 is 10.7. The molecule has 0 aliphatic heterocycles. The second-order valence-corrected chi connectivity index (χ2v) is 5.62. The molecule has 0 unspecified atom stereocenters. The van der Waals surface area contributed by atoms with Crippen LogP contribution >= 0.6 is 0 Å². The first-order valence-electron chi connectivity index (χ1n) is 9.28. The van der Waals surface area contributed by atoms with E-state index >= 15 is 0 Å². The molecule has 0 aliphatic rings. The SMILES string of the molecule is C=C/C(=C\C(=C)OC)Nc1ccc(COc2ccccc2N=C)cc1[N+](=O)[O-].CC. The molecule has 0 aromatic heterocycles. The zero-order valence-corrected chi connectivity index (χ0v) is 17.6. The molecular weight excluding hydrogens is 382 g/mol. The molecule has 0 heterocycles. The summed E-state index contributed by atoms with van der Waals surface area (Å²) in [6.07, 6.45) is 3.11. The lowest BCUT2D eigenvalue weighted by atomic mass is 10.1. The molecule has 0 atom stereocenters. The van der Waals surface area contributed by atoms with Crippen molar-refractivity contribution in [2.24, 2.45) is 4.99 Å². The lowest BCUT2D eigenvalue weighted by molar-refractivity contribution is -0.384.